The Labute approximate surface area is 164 Å². The summed E-state index contributed by atoms with van der Waals surface area (Å²) in [6, 6.07) is 11.3. The van der Waals surface area contributed by atoms with Crippen LogP contribution in [0.1, 0.15) is 52.9 Å². The molecule has 142 valence electrons. The smallest absolute Gasteiger partial charge is 0.254 e. The van der Waals surface area contributed by atoms with E-state index in [1.54, 1.807) is 11.3 Å². The number of likely N-dealkylation sites (tertiary alicyclic amines) is 1. The van der Waals surface area contributed by atoms with Crippen molar-refractivity contribution in [2.75, 3.05) is 0 Å². The molecule has 2 heterocycles. The van der Waals surface area contributed by atoms with Crippen molar-refractivity contribution in [3.63, 3.8) is 0 Å². The molecule has 4 nitrogen and oxygen atoms in total. The van der Waals surface area contributed by atoms with Crippen LogP contribution in [0.4, 0.5) is 0 Å². The molecule has 3 unspecified atom stereocenters. The highest BCUT2D eigenvalue weighted by Crippen LogP contribution is 2.40. The molecule has 0 radical (unpaired) electrons. The average molecular weight is 383 g/mol. The lowest BCUT2D eigenvalue weighted by Gasteiger charge is -2.33. The number of benzene rings is 1. The summed E-state index contributed by atoms with van der Waals surface area (Å²) in [4.78, 5) is 29.4. The highest BCUT2D eigenvalue weighted by Gasteiger charge is 2.47. The number of hydrogen-bond donors (Lipinski definition) is 1. The fraction of sp³-hybridized carbons (Fsp3) is 0.455. The first-order valence-electron chi connectivity index (χ1n) is 9.83. The van der Waals surface area contributed by atoms with Crippen molar-refractivity contribution in [1.82, 2.24) is 10.2 Å². The normalized spacial score (nSPS) is 24.5. The van der Waals surface area contributed by atoms with E-state index in [2.05, 4.69) is 18.3 Å². The predicted molar refractivity (Wildman–Crippen MR) is 108 cm³/mol. The predicted octanol–water partition coefficient (Wildman–Crippen LogP) is 4.15. The largest absolute Gasteiger partial charge is 0.349 e. The molecular weight excluding hydrogens is 356 g/mol. The molecule has 1 aliphatic carbocycles. The second-order valence-corrected chi connectivity index (χ2v) is 8.69. The van der Waals surface area contributed by atoms with Gasteiger partial charge < -0.3 is 10.2 Å². The lowest BCUT2D eigenvalue weighted by atomic mass is 9.84. The van der Waals surface area contributed by atoms with E-state index < -0.39 is 0 Å². The molecule has 2 amide bonds. The molecule has 1 aliphatic heterocycles. The first kappa shape index (κ1) is 18.2. The summed E-state index contributed by atoms with van der Waals surface area (Å²) in [5, 5.41) is 5.14. The highest BCUT2D eigenvalue weighted by molar-refractivity contribution is 7.10. The van der Waals surface area contributed by atoms with Gasteiger partial charge in [0.15, 0.2) is 0 Å². The van der Waals surface area contributed by atoms with Crippen LogP contribution in [0.3, 0.4) is 0 Å². The number of nitrogens with zero attached hydrogens (tertiary/aromatic N) is 1. The zero-order chi connectivity index (χ0) is 18.8. The molecular formula is C22H26N2O2S. The number of thiophene rings is 1. The van der Waals surface area contributed by atoms with Gasteiger partial charge in [0.1, 0.15) is 6.04 Å². The SMILES string of the molecule is Cc1ccsc1CNC(=O)C1CC2CCCCC2N1C(=O)c1ccccc1. The van der Waals surface area contributed by atoms with Gasteiger partial charge in [-0.3, -0.25) is 9.59 Å². The second kappa shape index (κ2) is 7.85. The van der Waals surface area contributed by atoms with E-state index in [0.717, 1.165) is 25.7 Å². The Kier molecular flexibility index (Phi) is 5.30. The van der Waals surface area contributed by atoms with Gasteiger partial charge in [-0.25, -0.2) is 0 Å². The summed E-state index contributed by atoms with van der Waals surface area (Å²) in [5.74, 6) is 0.435. The van der Waals surface area contributed by atoms with Crippen LogP contribution in [0.2, 0.25) is 0 Å². The van der Waals surface area contributed by atoms with Crippen LogP contribution in [0.5, 0.6) is 0 Å². The number of carbonyl (C=O) groups is 2. The molecule has 0 spiro atoms. The number of rotatable bonds is 4. The Balaban J connectivity index is 1.54. The van der Waals surface area contributed by atoms with Crippen LogP contribution in [-0.2, 0) is 11.3 Å². The van der Waals surface area contributed by atoms with Crippen LogP contribution in [0, 0.1) is 12.8 Å². The Bertz CT molecular complexity index is 817. The molecule has 1 aromatic heterocycles. The van der Waals surface area contributed by atoms with Crippen molar-refractivity contribution in [2.24, 2.45) is 5.92 Å². The third-order valence-electron chi connectivity index (χ3n) is 6.04. The average Bonchev–Trinajstić information content (AvgIpc) is 3.29. The van der Waals surface area contributed by atoms with E-state index in [-0.39, 0.29) is 23.9 Å². The Morgan fingerprint density at radius 2 is 1.93 bits per heavy atom. The molecule has 1 saturated carbocycles. The lowest BCUT2D eigenvalue weighted by Crippen LogP contribution is -2.49. The number of amides is 2. The minimum atomic E-state index is -0.355. The first-order valence-corrected chi connectivity index (χ1v) is 10.7. The van der Waals surface area contributed by atoms with Gasteiger partial charge in [0.05, 0.1) is 6.54 Å². The van der Waals surface area contributed by atoms with Crippen LogP contribution < -0.4 is 5.32 Å². The lowest BCUT2D eigenvalue weighted by molar-refractivity contribution is -0.125. The Morgan fingerprint density at radius 1 is 1.15 bits per heavy atom. The molecule has 2 fully saturated rings. The van der Waals surface area contributed by atoms with Gasteiger partial charge in [-0.05, 0) is 61.2 Å². The fourth-order valence-corrected chi connectivity index (χ4v) is 5.43. The quantitative estimate of drug-likeness (QED) is 0.864. The van der Waals surface area contributed by atoms with Crippen molar-refractivity contribution in [2.45, 2.75) is 57.7 Å². The zero-order valence-electron chi connectivity index (χ0n) is 15.7. The van der Waals surface area contributed by atoms with Crippen molar-refractivity contribution in [1.29, 1.82) is 0 Å². The topological polar surface area (TPSA) is 49.4 Å². The number of nitrogens with one attached hydrogen (secondary N) is 1. The van der Waals surface area contributed by atoms with Crippen molar-refractivity contribution < 1.29 is 9.59 Å². The molecule has 3 atom stereocenters. The van der Waals surface area contributed by atoms with Crippen LogP contribution in [-0.4, -0.2) is 28.8 Å². The summed E-state index contributed by atoms with van der Waals surface area (Å²) in [6.45, 7) is 2.61. The minimum Gasteiger partial charge on any atom is -0.349 e. The molecule has 1 aromatic carbocycles. The Morgan fingerprint density at radius 3 is 2.67 bits per heavy atom. The van der Waals surface area contributed by atoms with E-state index in [0.29, 0.717) is 18.0 Å². The van der Waals surface area contributed by atoms with Gasteiger partial charge in [-0.2, -0.15) is 0 Å². The molecule has 0 bridgehead atoms. The molecule has 5 heteroatoms. The number of aryl methyl sites for hydroxylation is 1. The maximum Gasteiger partial charge on any atom is 0.254 e. The summed E-state index contributed by atoms with van der Waals surface area (Å²) >= 11 is 1.66. The molecule has 1 saturated heterocycles. The second-order valence-electron chi connectivity index (χ2n) is 7.69. The summed E-state index contributed by atoms with van der Waals surface area (Å²) in [5.41, 5.74) is 1.88. The van der Waals surface area contributed by atoms with E-state index in [9.17, 15) is 9.59 Å². The standard InChI is InChI=1S/C22H26N2O2S/c1-15-11-12-27-20(15)14-23-21(25)19-13-17-9-5-6-10-18(17)24(19)22(26)16-7-3-2-4-8-16/h2-4,7-8,11-12,17-19H,5-6,9-10,13-14H2,1H3,(H,23,25). The molecule has 2 aliphatic rings. The maximum atomic E-state index is 13.3. The fourth-order valence-electron chi connectivity index (χ4n) is 4.59. The number of carbonyl (C=O) groups excluding carboxylic acids is 2. The van der Waals surface area contributed by atoms with Gasteiger partial charge in [-0.15, -0.1) is 11.3 Å². The van der Waals surface area contributed by atoms with E-state index in [4.69, 9.17) is 0 Å². The van der Waals surface area contributed by atoms with Crippen molar-refractivity contribution in [3.8, 4) is 0 Å². The number of fused-ring (bicyclic) bond motifs is 1. The summed E-state index contributed by atoms with van der Waals surface area (Å²) in [6.07, 6.45) is 5.27. The molecule has 2 aromatic rings. The summed E-state index contributed by atoms with van der Waals surface area (Å²) < 4.78 is 0. The van der Waals surface area contributed by atoms with Crippen LogP contribution in [0.25, 0.3) is 0 Å². The monoisotopic (exact) mass is 382 g/mol. The third kappa shape index (κ3) is 3.65. The first-order chi connectivity index (χ1) is 13.1. The maximum absolute atomic E-state index is 13.3. The third-order valence-corrected chi connectivity index (χ3v) is 7.06. The molecule has 27 heavy (non-hydrogen) atoms. The van der Waals surface area contributed by atoms with Crippen LogP contribution >= 0.6 is 11.3 Å². The van der Waals surface area contributed by atoms with Gasteiger partial charge in [-0.1, -0.05) is 31.0 Å². The van der Waals surface area contributed by atoms with Gasteiger partial charge in [0.25, 0.3) is 5.91 Å². The number of hydrogen-bond acceptors (Lipinski definition) is 3. The minimum absolute atomic E-state index is 0.00236. The van der Waals surface area contributed by atoms with Gasteiger partial charge in [0, 0.05) is 16.5 Å². The van der Waals surface area contributed by atoms with E-state index >= 15 is 0 Å². The van der Waals surface area contributed by atoms with E-state index in [1.807, 2.05) is 40.6 Å². The van der Waals surface area contributed by atoms with Gasteiger partial charge >= 0.3 is 0 Å². The molecule has 4 rings (SSSR count). The highest BCUT2D eigenvalue weighted by atomic mass is 32.1. The summed E-state index contributed by atoms with van der Waals surface area (Å²) in [7, 11) is 0. The van der Waals surface area contributed by atoms with Gasteiger partial charge in [0.2, 0.25) is 5.91 Å². The van der Waals surface area contributed by atoms with Crippen molar-refractivity contribution >= 4 is 23.2 Å². The van der Waals surface area contributed by atoms with E-state index in [1.165, 1.54) is 16.9 Å². The molecule has 1 N–H and O–H groups in total. The van der Waals surface area contributed by atoms with Crippen molar-refractivity contribution in [3.05, 3.63) is 57.8 Å². The van der Waals surface area contributed by atoms with Crippen LogP contribution in [0.15, 0.2) is 41.8 Å². The zero-order valence-corrected chi connectivity index (χ0v) is 16.5. The Hall–Kier alpha value is -2.14.